The fourth-order valence-corrected chi connectivity index (χ4v) is 3.70. The molecule has 4 heteroatoms. The minimum atomic E-state index is -0.847. The monoisotopic (exact) mass is 376 g/mol. The zero-order valence-electron chi connectivity index (χ0n) is 17.0. The number of rotatable bonds is 11. The van der Waals surface area contributed by atoms with Gasteiger partial charge < -0.3 is 14.6 Å². The molecule has 0 spiro atoms. The average molecular weight is 377 g/mol. The maximum atomic E-state index is 12.3. The van der Waals surface area contributed by atoms with Crippen LogP contribution in [0.2, 0.25) is 0 Å². The van der Waals surface area contributed by atoms with Crippen LogP contribution in [0.25, 0.3) is 0 Å². The van der Waals surface area contributed by atoms with Crippen LogP contribution in [0.5, 0.6) is 5.75 Å². The van der Waals surface area contributed by atoms with Crippen LogP contribution in [-0.4, -0.2) is 24.3 Å². The molecule has 1 aliphatic rings. The molecule has 2 rings (SSSR count). The molecule has 1 aromatic carbocycles. The smallest absolute Gasteiger partial charge is 0.308 e. The summed E-state index contributed by atoms with van der Waals surface area (Å²) in [6.07, 6.45) is 9.29. The molecule has 1 aliphatic carbocycles. The normalized spacial score (nSPS) is 22.4. The lowest BCUT2D eigenvalue weighted by atomic mass is 9.75. The van der Waals surface area contributed by atoms with E-state index >= 15 is 0 Å². The highest BCUT2D eigenvalue weighted by Crippen LogP contribution is 2.40. The van der Waals surface area contributed by atoms with Crippen LogP contribution < -0.4 is 4.74 Å². The van der Waals surface area contributed by atoms with Gasteiger partial charge in [-0.2, -0.15) is 0 Å². The highest BCUT2D eigenvalue weighted by molar-refractivity contribution is 5.72. The molecule has 1 saturated carbocycles. The second-order valence-corrected chi connectivity index (χ2v) is 7.76. The molecule has 0 amide bonds. The van der Waals surface area contributed by atoms with Crippen LogP contribution in [0.1, 0.15) is 83.6 Å². The Balaban J connectivity index is 1.75. The molecular weight excluding hydrogens is 340 g/mol. The van der Waals surface area contributed by atoms with Crippen molar-refractivity contribution >= 4 is 5.97 Å². The number of aliphatic hydroxyl groups is 1. The first kappa shape index (κ1) is 21.7. The van der Waals surface area contributed by atoms with Crippen molar-refractivity contribution in [3.8, 4) is 5.75 Å². The quantitative estimate of drug-likeness (QED) is 0.417. The third-order valence-corrected chi connectivity index (χ3v) is 5.50. The number of hydrogen-bond acceptors (Lipinski definition) is 4. The van der Waals surface area contributed by atoms with Crippen molar-refractivity contribution in [2.24, 2.45) is 5.92 Å². The molecule has 0 atom stereocenters. The lowest BCUT2D eigenvalue weighted by Crippen LogP contribution is -2.34. The van der Waals surface area contributed by atoms with Gasteiger partial charge in [-0.15, -0.1) is 0 Å². The van der Waals surface area contributed by atoms with E-state index in [-0.39, 0.29) is 11.9 Å². The Hall–Kier alpha value is -1.55. The third kappa shape index (κ3) is 6.84. The Kier molecular flexibility index (Phi) is 9.12. The molecule has 0 bridgehead atoms. The highest BCUT2D eigenvalue weighted by atomic mass is 16.5. The van der Waals surface area contributed by atoms with Gasteiger partial charge in [-0.1, -0.05) is 51.7 Å². The SMILES string of the molecule is CCCCCCCOC(=O)C1CCC(O)(c2ccc(OCCC)cc2)CC1. The van der Waals surface area contributed by atoms with Crippen molar-refractivity contribution in [3.05, 3.63) is 29.8 Å². The van der Waals surface area contributed by atoms with Crippen molar-refractivity contribution in [1.82, 2.24) is 0 Å². The summed E-state index contributed by atoms with van der Waals surface area (Å²) in [6, 6.07) is 7.73. The number of carbonyl (C=O) groups is 1. The predicted octanol–water partition coefficient (Wildman–Crippen LogP) is 5.37. The van der Waals surface area contributed by atoms with Crippen molar-refractivity contribution in [2.75, 3.05) is 13.2 Å². The van der Waals surface area contributed by atoms with Crippen LogP contribution in [0, 0.1) is 5.92 Å². The van der Waals surface area contributed by atoms with Gasteiger partial charge in [0, 0.05) is 0 Å². The van der Waals surface area contributed by atoms with Crippen LogP contribution in [0.4, 0.5) is 0 Å². The summed E-state index contributed by atoms with van der Waals surface area (Å²) in [6.45, 7) is 5.50. The van der Waals surface area contributed by atoms with Crippen molar-refractivity contribution in [2.45, 2.75) is 83.7 Å². The molecule has 4 nitrogen and oxygen atoms in total. The Labute approximate surface area is 164 Å². The van der Waals surface area contributed by atoms with Gasteiger partial charge in [0.1, 0.15) is 5.75 Å². The Bertz CT molecular complexity index is 544. The number of carbonyl (C=O) groups excluding carboxylic acids is 1. The third-order valence-electron chi connectivity index (χ3n) is 5.50. The Morgan fingerprint density at radius 3 is 2.30 bits per heavy atom. The van der Waals surface area contributed by atoms with E-state index in [1.165, 1.54) is 19.3 Å². The number of hydrogen-bond donors (Lipinski definition) is 1. The van der Waals surface area contributed by atoms with Crippen molar-refractivity contribution in [3.63, 3.8) is 0 Å². The van der Waals surface area contributed by atoms with E-state index in [4.69, 9.17) is 9.47 Å². The summed E-state index contributed by atoms with van der Waals surface area (Å²) >= 11 is 0. The molecular formula is C23H36O4. The minimum Gasteiger partial charge on any atom is -0.494 e. The fourth-order valence-electron chi connectivity index (χ4n) is 3.70. The number of esters is 1. The summed E-state index contributed by atoms with van der Waals surface area (Å²) < 4.78 is 11.1. The van der Waals surface area contributed by atoms with E-state index in [0.717, 1.165) is 30.6 Å². The Morgan fingerprint density at radius 1 is 1.00 bits per heavy atom. The largest absolute Gasteiger partial charge is 0.494 e. The highest BCUT2D eigenvalue weighted by Gasteiger charge is 2.37. The first-order chi connectivity index (χ1) is 13.1. The molecule has 0 radical (unpaired) electrons. The molecule has 0 aliphatic heterocycles. The van der Waals surface area contributed by atoms with Gasteiger partial charge in [0.05, 0.1) is 24.7 Å². The van der Waals surface area contributed by atoms with Crippen LogP contribution >= 0.6 is 0 Å². The molecule has 152 valence electrons. The van der Waals surface area contributed by atoms with Gasteiger partial charge in [0.2, 0.25) is 0 Å². The molecule has 0 unspecified atom stereocenters. The first-order valence-electron chi connectivity index (χ1n) is 10.7. The van der Waals surface area contributed by atoms with E-state index in [0.29, 0.717) is 38.9 Å². The zero-order chi connectivity index (χ0) is 19.5. The fraction of sp³-hybridized carbons (Fsp3) is 0.696. The van der Waals surface area contributed by atoms with Gasteiger partial charge in [-0.05, 0) is 56.2 Å². The topological polar surface area (TPSA) is 55.8 Å². The summed E-state index contributed by atoms with van der Waals surface area (Å²) in [5.74, 6) is 0.671. The van der Waals surface area contributed by atoms with E-state index in [9.17, 15) is 9.90 Å². The second-order valence-electron chi connectivity index (χ2n) is 7.76. The number of ether oxygens (including phenoxy) is 2. The van der Waals surface area contributed by atoms with E-state index in [2.05, 4.69) is 13.8 Å². The standard InChI is InChI=1S/C23H36O4/c1-3-5-6-7-8-18-27-22(24)19-13-15-23(25,16-14-19)20-9-11-21(12-10-20)26-17-4-2/h9-12,19,25H,3-8,13-18H2,1-2H3. The van der Waals surface area contributed by atoms with Gasteiger partial charge in [-0.25, -0.2) is 0 Å². The molecule has 0 aromatic heterocycles. The predicted molar refractivity (Wildman–Crippen MR) is 108 cm³/mol. The van der Waals surface area contributed by atoms with Crippen LogP contribution in [0.15, 0.2) is 24.3 Å². The van der Waals surface area contributed by atoms with Gasteiger partial charge in [-0.3, -0.25) is 4.79 Å². The molecule has 1 fully saturated rings. The second kappa shape index (κ2) is 11.3. The summed E-state index contributed by atoms with van der Waals surface area (Å²) in [4.78, 5) is 12.3. The van der Waals surface area contributed by atoms with Crippen molar-refractivity contribution in [1.29, 1.82) is 0 Å². The number of benzene rings is 1. The minimum absolute atomic E-state index is 0.0759. The maximum absolute atomic E-state index is 12.3. The van der Waals surface area contributed by atoms with Gasteiger partial charge in [0.25, 0.3) is 0 Å². The lowest BCUT2D eigenvalue weighted by Gasteiger charge is -2.35. The summed E-state index contributed by atoms with van der Waals surface area (Å²) in [7, 11) is 0. The average Bonchev–Trinajstić information content (AvgIpc) is 2.69. The first-order valence-corrected chi connectivity index (χ1v) is 10.7. The van der Waals surface area contributed by atoms with E-state index in [1.54, 1.807) is 0 Å². The van der Waals surface area contributed by atoms with Crippen LogP contribution in [0.3, 0.4) is 0 Å². The molecule has 27 heavy (non-hydrogen) atoms. The van der Waals surface area contributed by atoms with Gasteiger partial charge >= 0.3 is 5.97 Å². The molecule has 1 aromatic rings. The summed E-state index contributed by atoms with van der Waals surface area (Å²) in [5.41, 5.74) is 0.0642. The lowest BCUT2D eigenvalue weighted by molar-refractivity contribution is -0.152. The Morgan fingerprint density at radius 2 is 1.67 bits per heavy atom. The zero-order valence-corrected chi connectivity index (χ0v) is 17.0. The number of unbranched alkanes of at least 4 members (excludes halogenated alkanes) is 4. The van der Waals surface area contributed by atoms with Crippen LogP contribution in [-0.2, 0) is 15.1 Å². The molecule has 0 saturated heterocycles. The maximum Gasteiger partial charge on any atom is 0.308 e. The van der Waals surface area contributed by atoms with E-state index < -0.39 is 5.60 Å². The molecule has 0 heterocycles. The summed E-state index contributed by atoms with van der Waals surface area (Å²) in [5, 5.41) is 11.0. The molecule has 1 N–H and O–H groups in total. The van der Waals surface area contributed by atoms with Crippen molar-refractivity contribution < 1.29 is 19.4 Å². The van der Waals surface area contributed by atoms with E-state index in [1.807, 2.05) is 24.3 Å². The van der Waals surface area contributed by atoms with Gasteiger partial charge in [0.15, 0.2) is 0 Å².